The van der Waals surface area contributed by atoms with E-state index in [0.717, 1.165) is 11.0 Å². The molecule has 3 aromatic rings. The summed E-state index contributed by atoms with van der Waals surface area (Å²) >= 11 is 0. The fourth-order valence-corrected chi connectivity index (χ4v) is 6.00. The summed E-state index contributed by atoms with van der Waals surface area (Å²) in [5.41, 5.74) is 9.66. The molecule has 0 bridgehead atoms. The van der Waals surface area contributed by atoms with Gasteiger partial charge in [-0.2, -0.15) is 0 Å². The lowest BCUT2D eigenvalue weighted by molar-refractivity contribution is -0.120. The molecule has 1 aliphatic heterocycles. The van der Waals surface area contributed by atoms with Crippen LogP contribution in [-0.2, 0) is 15.8 Å². The molecule has 13 nitrogen and oxygen atoms in total. The zero-order valence-corrected chi connectivity index (χ0v) is 28.8. The first kappa shape index (κ1) is 36.0. The Hall–Kier alpha value is -5.33. The molecule has 50 heavy (non-hydrogen) atoms. The molecule has 5 rings (SSSR count). The number of benzene rings is 4. The highest BCUT2D eigenvalue weighted by Gasteiger charge is 2.25. The van der Waals surface area contributed by atoms with Gasteiger partial charge >= 0.3 is 13.8 Å². The van der Waals surface area contributed by atoms with Crippen LogP contribution in [0.15, 0.2) is 83.3 Å². The van der Waals surface area contributed by atoms with Crippen LogP contribution >= 0.6 is 7.82 Å². The average Bonchev–Trinajstić information content (AvgIpc) is 3.07. The molecule has 0 saturated heterocycles. The molecule has 1 amide bonds. The minimum absolute atomic E-state index is 0.0183. The van der Waals surface area contributed by atoms with E-state index in [-0.39, 0.29) is 42.0 Å². The van der Waals surface area contributed by atoms with Gasteiger partial charge in [0.1, 0.15) is 31.2 Å². The van der Waals surface area contributed by atoms with Crippen LogP contribution in [-0.4, -0.2) is 73.3 Å². The van der Waals surface area contributed by atoms with Gasteiger partial charge in [-0.25, -0.2) is 13.9 Å². The fraction of sp³-hybridized carbons (Fsp3) is 0.222. The lowest BCUT2D eigenvalue weighted by Gasteiger charge is -2.19. The number of ketones is 1. The standard InChI is InChI=1S/C36H37N4O9P/c1-39(2)23-9-14-27-32(18-23)48-33-19-24(40(3)4)10-15-28(33)34(27)26-13-8-22(17-29(26)36(43)44)35(42)38-30(20-37)31(41)16-7-21-5-11-25(12-6-21)49-50(45,46)47/h5-6,8-15,17-19,30H,7,16,20,37H2,1-4H3,(H3-,38,42,43,44,45,46,47)/p+1. The first-order valence-electron chi connectivity index (χ1n) is 15.6. The maximum atomic E-state index is 13.4. The largest absolute Gasteiger partial charge is 0.524 e. The van der Waals surface area contributed by atoms with Gasteiger partial charge in [-0.3, -0.25) is 19.4 Å². The number of carbonyl (C=O) groups excluding carboxylic acids is 2. The first-order chi connectivity index (χ1) is 23.6. The Balaban J connectivity index is 1.44. The van der Waals surface area contributed by atoms with E-state index in [1.54, 1.807) is 18.2 Å². The number of hydrogen-bond donors (Lipinski definition) is 5. The number of Topliss-reactive ketones (excluding diaryl/α,β-unsaturated/α-hetero) is 1. The Bertz CT molecular complexity index is 2180. The summed E-state index contributed by atoms with van der Waals surface area (Å²) in [5, 5.41) is 14.6. The molecule has 1 atom stereocenters. The van der Waals surface area contributed by atoms with Gasteiger partial charge in [0.05, 0.1) is 17.7 Å². The highest BCUT2D eigenvalue weighted by molar-refractivity contribution is 7.46. The quantitative estimate of drug-likeness (QED) is 0.0723. The number of fused-ring (bicyclic) bond motifs is 2. The molecule has 0 saturated carbocycles. The van der Waals surface area contributed by atoms with E-state index in [1.165, 1.54) is 24.3 Å². The number of carbonyl (C=O) groups is 3. The molecule has 2 aliphatic rings. The Morgan fingerprint density at radius 3 is 2.28 bits per heavy atom. The van der Waals surface area contributed by atoms with Crippen molar-refractivity contribution >= 4 is 42.1 Å². The number of anilines is 1. The van der Waals surface area contributed by atoms with Crippen LogP contribution in [0.5, 0.6) is 5.75 Å². The highest BCUT2D eigenvalue weighted by atomic mass is 31.2. The second-order valence-electron chi connectivity index (χ2n) is 12.1. The number of aromatic carboxylic acids is 1. The molecule has 0 radical (unpaired) electrons. The summed E-state index contributed by atoms with van der Waals surface area (Å²) in [5.74, 6) is -1.71. The summed E-state index contributed by atoms with van der Waals surface area (Å²) in [6.45, 7) is -0.182. The van der Waals surface area contributed by atoms with Gasteiger partial charge in [-0.1, -0.05) is 18.2 Å². The van der Waals surface area contributed by atoms with Gasteiger partial charge in [0.15, 0.2) is 5.78 Å². The number of aryl methyl sites for hydroxylation is 1. The number of nitrogens with zero attached hydrogens (tertiary/aromatic N) is 2. The number of hydrogen-bond acceptors (Lipinski definition) is 8. The minimum Gasteiger partial charge on any atom is -0.478 e. The summed E-state index contributed by atoms with van der Waals surface area (Å²) in [6, 6.07) is 20.6. The molecule has 1 aliphatic carbocycles. The third-order valence-corrected chi connectivity index (χ3v) is 8.69. The van der Waals surface area contributed by atoms with Gasteiger partial charge in [0.2, 0.25) is 5.36 Å². The minimum atomic E-state index is -4.69. The van der Waals surface area contributed by atoms with Crippen LogP contribution in [0.1, 0.15) is 32.7 Å². The van der Waals surface area contributed by atoms with Crippen molar-refractivity contribution in [3.05, 3.63) is 101 Å². The van der Waals surface area contributed by atoms with E-state index in [1.807, 2.05) is 74.1 Å². The molecule has 14 heteroatoms. The topological polar surface area (TPSA) is 196 Å². The second-order valence-corrected chi connectivity index (χ2v) is 13.3. The molecule has 1 unspecified atom stereocenters. The van der Waals surface area contributed by atoms with Crippen molar-refractivity contribution in [3.63, 3.8) is 0 Å². The predicted octanol–water partition coefficient (Wildman–Crippen LogP) is 3.73. The number of nitrogens with two attached hydrogens (primary N) is 1. The van der Waals surface area contributed by atoms with Gasteiger partial charge < -0.3 is 30.0 Å². The van der Waals surface area contributed by atoms with Crippen LogP contribution in [0.4, 0.5) is 5.69 Å². The first-order valence-corrected chi connectivity index (χ1v) is 17.1. The molecule has 0 spiro atoms. The van der Waals surface area contributed by atoms with Crippen LogP contribution in [0.2, 0.25) is 0 Å². The molecule has 6 N–H and O–H groups in total. The maximum Gasteiger partial charge on any atom is 0.524 e. The Morgan fingerprint density at radius 1 is 0.960 bits per heavy atom. The van der Waals surface area contributed by atoms with Gasteiger partial charge in [0, 0.05) is 67.0 Å². The number of phosphoric ester groups is 1. The van der Waals surface area contributed by atoms with Crippen molar-refractivity contribution in [2.45, 2.75) is 18.9 Å². The Labute approximate surface area is 287 Å². The van der Waals surface area contributed by atoms with E-state index in [4.69, 9.17) is 19.9 Å². The number of rotatable bonds is 12. The molecular formula is C36H38N4O9P+. The monoisotopic (exact) mass is 701 g/mol. The van der Waals surface area contributed by atoms with Crippen molar-refractivity contribution in [2.24, 2.45) is 5.73 Å². The molecule has 3 aromatic carbocycles. The van der Waals surface area contributed by atoms with E-state index in [2.05, 4.69) is 9.84 Å². The van der Waals surface area contributed by atoms with Crippen molar-refractivity contribution < 1.29 is 42.8 Å². The normalized spacial score (nSPS) is 12.1. The van der Waals surface area contributed by atoms with Crippen LogP contribution in [0, 0.1) is 0 Å². The number of carboxylic acid groups (broad SMARTS) is 1. The van der Waals surface area contributed by atoms with E-state index in [0.29, 0.717) is 39.0 Å². The average molecular weight is 702 g/mol. The molecule has 1 heterocycles. The summed E-state index contributed by atoms with van der Waals surface area (Å²) in [4.78, 5) is 59.0. The second kappa shape index (κ2) is 14.7. The van der Waals surface area contributed by atoms with Crippen molar-refractivity contribution in [3.8, 4) is 28.2 Å². The lowest BCUT2D eigenvalue weighted by atomic mass is 9.89. The van der Waals surface area contributed by atoms with Crippen LogP contribution in [0.25, 0.3) is 33.4 Å². The molecular weight excluding hydrogens is 663 g/mol. The lowest BCUT2D eigenvalue weighted by Crippen LogP contribution is -2.46. The third kappa shape index (κ3) is 8.10. The zero-order valence-electron chi connectivity index (χ0n) is 27.9. The van der Waals surface area contributed by atoms with E-state index in [9.17, 15) is 24.1 Å². The number of amides is 1. The van der Waals surface area contributed by atoms with Gasteiger partial charge in [0.25, 0.3) is 5.91 Å². The molecule has 0 aromatic heterocycles. The smallest absolute Gasteiger partial charge is 0.478 e. The zero-order chi connectivity index (χ0) is 36.3. The number of nitrogens with one attached hydrogen (secondary N) is 1. The number of carboxylic acids is 1. The Kier molecular flexibility index (Phi) is 10.5. The highest BCUT2D eigenvalue weighted by Crippen LogP contribution is 2.42. The van der Waals surface area contributed by atoms with Crippen molar-refractivity contribution in [1.82, 2.24) is 9.89 Å². The maximum absolute atomic E-state index is 13.4. The predicted molar refractivity (Wildman–Crippen MR) is 189 cm³/mol. The van der Waals surface area contributed by atoms with Gasteiger partial charge in [-0.05, 0) is 60.0 Å². The van der Waals surface area contributed by atoms with Crippen LogP contribution < -0.4 is 30.4 Å². The SMILES string of the molecule is CN(C)c1ccc2c(-c3ccc(C(=O)NC(CN)C(=O)CCc4ccc(OP(=O)(O)O)cc4)cc3C(=O)O)c3ccc(=[N+](C)C)cc-3oc2c1. The number of phosphoric acid groups is 1. The third-order valence-electron chi connectivity index (χ3n) is 8.24. The van der Waals surface area contributed by atoms with Crippen molar-refractivity contribution in [1.29, 1.82) is 0 Å². The Morgan fingerprint density at radius 2 is 1.66 bits per heavy atom. The van der Waals surface area contributed by atoms with Crippen molar-refractivity contribution in [2.75, 3.05) is 39.6 Å². The summed E-state index contributed by atoms with van der Waals surface area (Å²) < 4.78 is 23.9. The molecule has 260 valence electrons. The van der Waals surface area contributed by atoms with E-state index >= 15 is 0 Å². The molecule has 0 fully saturated rings. The van der Waals surface area contributed by atoms with E-state index < -0.39 is 25.7 Å². The fourth-order valence-electron chi connectivity index (χ4n) is 5.60. The summed E-state index contributed by atoms with van der Waals surface area (Å²) in [7, 11) is 2.96. The van der Waals surface area contributed by atoms with Crippen LogP contribution in [0.3, 0.4) is 0 Å². The van der Waals surface area contributed by atoms with Gasteiger partial charge in [-0.15, -0.1) is 0 Å². The summed E-state index contributed by atoms with van der Waals surface area (Å²) in [6.07, 6.45) is 0.293.